The molecule has 3 aromatic rings. The van der Waals surface area contributed by atoms with Crippen molar-refractivity contribution in [3.8, 4) is 0 Å². The van der Waals surface area contributed by atoms with E-state index in [1.807, 2.05) is 91.9 Å². The lowest BCUT2D eigenvalue weighted by atomic mass is 9.90. The van der Waals surface area contributed by atoms with E-state index in [2.05, 4.69) is 5.32 Å². The number of benzene rings is 3. The number of nitrogens with one attached hydrogen (secondary N) is 1. The molecule has 0 fully saturated rings. The molecule has 5 nitrogen and oxygen atoms in total. The van der Waals surface area contributed by atoms with Crippen LogP contribution in [-0.2, 0) is 14.3 Å². The van der Waals surface area contributed by atoms with Crippen LogP contribution in [0.15, 0.2) is 84.9 Å². The molecule has 0 saturated heterocycles. The highest BCUT2D eigenvalue weighted by Crippen LogP contribution is 2.40. The number of ether oxygens (including phenoxy) is 1. The number of hydrogen-bond donors (Lipinski definition) is 1. The minimum atomic E-state index is -0.979. The lowest BCUT2D eigenvalue weighted by Crippen LogP contribution is -2.47. The lowest BCUT2D eigenvalue weighted by Gasteiger charge is -2.41. The Labute approximate surface area is 182 Å². The molecular weight excluding hydrogens is 388 g/mol. The second-order valence-electron chi connectivity index (χ2n) is 7.81. The van der Waals surface area contributed by atoms with E-state index in [-0.39, 0.29) is 18.0 Å². The molecule has 3 atom stereocenters. The van der Waals surface area contributed by atoms with Crippen LogP contribution in [-0.4, -0.2) is 17.9 Å². The van der Waals surface area contributed by atoms with Gasteiger partial charge in [-0.05, 0) is 37.1 Å². The van der Waals surface area contributed by atoms with Crippen LogP contribution in [0.5, 0.6) is 0 Å². The predicted octanol–water partition coefficient (Wildman–Crippen LogP) is 5.27. The summed E-state index contributed by atoms with van der Waals surface area (Å²) in [6.07, 6.45) is -0.244. The average Bonchev–Trinajstić information content (AvgIpc) is 2.78. The second-order valence-corrected chi connectivity index (χ2v) is 7.81. The Morgan fingerprint density at radius 2 is 1.55 bits per heavy atom. The topological polar surface area (TPSA) is 58.6 Å². The molecule has 0 unspecified atom stereocenters. The minimum absolute atomic E-state index is 0.0709. The Morgan fingerprint density at radius 3 is 2.23 bits per heavy atom. The zero-order chi connectivity index (χ0) is 21.8. The second kappa shape index (κ2) is 9.04. The first-order valence-corrected chi connectivity index (χ1v) is 10.5. The molecule has 1 aliphatic rings. The highest BCUT2D eigenvalue weighted by atomic mass is 16.5. The number of rotatable bonds is 5. The molecule has 0 aliphatic carbocycles. The van der Waals surface area contributed by atoms with Crippen LogP contribution in [0.2, 0.25) is 0 Å². The van der Waals surface area contributed by atoms with E-state index in [9.17, 15) is 9.59 Å². The van der Waals surface area contributed by atoms with Gasteiger partial charge in [0.1, 0.15) is 0 Å². The van der Waals surface area contributed by atoms with Crippen molar-refractivity contribution in [3.63, 3.8) is 0 Å². The van der Waals surface area contributed by atoms with Gasteiger partial charge in [0.05, 0.1) is 6.04 Å². The van der Waals surface area contributed by atoms with Crippen LogP contribution in [0, 0.1) is 0 Å². The number of carbonyl (C=O) groups is 2. The van der Waals surface area contributed by atoms with Crippen LogP contribution >= 0.6 is 0 Å². The van der Waals surface area contributed by atoms with Gasteiger partial charge in [-0.1, -0.05) is 66.7 Å². The van der Waals surface area contributed by atoms with Gasteiger partial charge in [0.25, 0.3) is 5.91 Å². The number of esters is 1. The molecular formula is C26H26N2O3. The number of nitrogens with zero attached hydrogens (tertiary/aromatic N) is 1. The first-order chi connectivity index (χ1) is 15.0. The average molecular weight is 415 g/mol. The summed E-state index contributed by atoms with van der Waals surface area (Å²) < 4.78 is 5.49. The molecule has 3 aromatic carbocycles. The fourth-order valence-electron chi connectivity index (χ4n) is 4.20. The summed E-state index contributed by atoms with van der Waals surface area (Å²) in [5.74, 6) is -0.719. The fourth-order valence-corrected chi connectivity index (χ4v) is 4.20. The third-order valence-electron chi connectivity index (χ3n) is 5.55. The van der Waals surface area contributed by atoms with E-state index in [1.165, 1.54) is 6.92 Å². The van der Waals surface area contributed by atoms with Gasteiger partial charge in [0, 0.05) is 29.9 Å². The fraction of sp³-hybridized carbons (Fsp3) is 0.231. The van der Waals surface area contributed by atoms with Crippen molar-refractivity contribution in [2.75, 3.05) is 10.2 Å². The molecule has 4 rings (SSSR count). The Morgan fingerprint density at radius 1 is 0.935 bits per heavy atom. The molecule has 0 saturated carbocycles. The summed E-state index contributed by atoms with van der Waals surface area (Å²) in [6.45, 7) is 3.36. The van der Waals surface area contributed by atoms with Crippen molar-refractivity contribution in [2.45, 2.75) is 38.5 Å². The Balaban J connectivity index is 1.69. The maximum absolute atomic E-state index is 13.7. The maximum Gasteiger partial charge on any atom is 0.303 e. The van der Waals surface area contributed by atoms with Crippen molar-refractivity contribution >= 4 is 23.3 Å². The van der Waals surface area contributed by atoms with Crippen LogP contribution in [0.4, 0.5) is 11.4 Å². The van der Waals surface area contributed by atoms with Gasteiger partial charge in [-0.3, -0.25) is 9.59 Å². The molecule has 1 aliphatic heterocycles. The molecule has 0 bridgehead atoms. The summed E-state index contributed by atoms with van der Waals surface area (Å²) in [5.41, 5.74) is 3.59. The van der Waals surface area contributed by atoms with Gasteiger partial charge in [0.2, 0.25) is 6.10 Å². The minimum Gasteiger partial charge on any atom is -0.447 e. The zero-order valence-corrected chi connectivity index (χ0v) is 17.7. The van der Waals surface area contributed by atoms with Crippen molar-refractivity contribution in [3.05, 3.63) is 96.1 Å². The van der Waals surface area contributed by atoms with Gasteiger partial charge in [-0.25, -0.2) is 0 Å². The van der Waals surface area contributed by atoms with Crippen molar-refractivity contribution < 1.29 is 14.3 Å². The maximum atomic E-state index is 13.7. The highest BCUT2D eigenvalue weighted by molar-refractivity contribution is 5.99. The SMILES string of the molecule is CC(=O)O[C@@H](C(=O)N1c2ccccc2[C@H](Nc2ccccc2)C[C@H]1C)c1ccccc1. The van der Waals surface area contributed by atoms with Crippen LogP contribution < -0.4 is 10.2 Å². The van der Waals surface area contributed by atoms with E-state index in [0.717, 1.165) is 23.4 Å². The van der Waals surface area contributed by atoms with E-state index in [0.29, 0.717) is 5.56 Å². The molecule has 0 aromatic heterocycles. The van der Waals surface area contributed by atoms with Gasteiger partial charge < -0.3 is 15.0 Å². The molecule has 0 radical (unpaired) electrons. The van der Waals surface area contributed by atoms with Gasteiger partial charge in [0.15, 0.2) is 0 Å². The first kappa shape index (κ1) is 20.7. The number of anilines is 2. The monoisotopic (exact) mass is 414 g/mol. The van der Waals surface area contributed by atoms with E-state index >= 15 is 0 Å². The quantitative estimate of drug-likeness (QED) is 0.578. The normalized spacial score (nSPS) is 18.6. The number of fused-ring (bicyclic) bond motifs is 1. The number of carbonyl (C=O) groups excluding carboxylic acids is 2. The number of para-hydroxylation sites is 2. The molecule has 0 spiro atoms. The van der Waals surface area contributed by atoms with E-state index in [1.54, 1.807) is 4.90 Å². The molecule has 1 heterocycles. The van der Waals surface area contributed by atoms with Crippen molar-refractivity contribution in [2.24, 2.45) is 0 Å². The van der Waals surface area contributed by atoms with E-state index < -0.39 is 12.1 Å². The Kier molecular flexibility index (Phi) is 6.03. The number of hydrogen-bond acceptors (Lipinski definition) is 4. The summed E-state index contributed by atoms with van der Waals surface area (Å²) in [5, 5.41) is 3.60. The zero-order valence-electron chi connectivity index (χ0n) is 17.7. The van der Waals surface area contributed by atoms with Gasteiger partial charge >= 0.3 is 5.97 Å². The summed E-state index contributed by atoms with van der Waals surface area (Å²) >= 11 is 0. The Hall–Kier alpha value is -3.60. The third-order valence-corrected chi connectivity index (χ3v) is 5.55. The number of amides is 1. The summed E-state index contributed by atoms with van der Waals surface area (Å²) in [6, 6.07) is 27.2. The highest BCUT2D eigenvalue weighted by Gasteiger charge is 2.38. The Bertz CT molecular complexity index is 1050. The molecule has 5 heteroatoms. The van der Waals surface area contributed by atoms with Gasteiger partial charge in [-0.15, -0.1) is 0 Å². The third kappa shape index (κ3) is 4.45. The van der Waals surface area contributed by atoms with Crippen molar-refractivity contribution in [1.82, 2.24) is 0 Å². The van der Waals surface area contributed by atoms with Gasteiger partial charge in [-0.2, -0.15) is 0 Å². The smallest absolute Gasteiger partial charge is 0.303 e. The molecule has 1 N–H and O–H groups in total. The van der Waals surface area contributed by atoms with Crippen molar-refractivity contribution in [1.29, 1.82) is 0 Å². The summed E-state index contributed by atoms with van der Waals surface area (Å²) in [4.78, 5) is 27.3. The molecule has 31 heavy (non-hydrogen) atoms. The van der Waals surface area contributed by atoms with Crippen LogP contribution in [0.1, 0.15) is 43.5 Å². The standard InChI is InChI=1S/C26H26N2O3/c1-18-17-23(27-21-13-7-4-8-14-21)22-15-9-10-16-24(22)28(18)26(30)25(31-19(2)29)20-11-5-3-6-12-20/h3-16,18,23,25,27H,17H2,1-2H3/t18-,23-,25-/m1/s1. The lowest BCUT2D eigenvalue weighted by molar-refractivity contribution is -0.153. The van der Waals surface area contributed by atoms with Crippen LogP contribution in [0.3, 0.4) is 0 Å². The van der Waals surface area contributed by atoms with E-state index in [4.69, 9.17) is 4.74 Å². The molecule has 1 amide bonds. The van der Waals surface area contributed by atoms with Crippen LogP contribution in [0.25, 0.3) is 0 Å². The largest absolute Gasteiger partial charge is 0.447 e. The molecule has 158 valence electrons. The summed E-state index contributed by atoms with van der Waals surface area (Å²) in [7, 11) is 0. The first-order valence-electron chi connectivity index (χ1n) is 10.5. The predicted molar refractivity (Wildman–Crippen MR) is 122 cm³/mol.